The first-order valence-corrected chi connectivity index (χ1v) is 10.2. The number of anilines is 1. The average molecular weight is 380 g/mol. The van der Waals surface area contributed by atoms with Crippen LogP contribution in [0.3, 0.4) is 0 Å². The summed E-state index contributed by atoms with van der Waals surface area (Å²) in [5.74, 6) is 1.51. The summed E-state index contributed by atoms with van der Waals surface area (Å²) in [7, 11) is -3.54. The molecule has 0 spiro atoms. The van der Waals surface area contributed by atoms with Gasteiger partial charge >= 0.3 is 0 Å². The second kappa shape index (κ2) is 7.11. The smallest absolute Gasteiger partial charge is 0.293 e. The number of sulfone groups is 1. The van der Waals surface area contributed by atoms with Crippen LogP contribution in [0.1, 0.15) is 45.3 Å². The first-order chi connectivity index (χ1) is 11.9. The molecule has 0 unspecified atom stereocenters. The molecule has 0 aliphatic rings. The molecule has 1 aromatic carbocycles. The van der Waals surface area contributed by atoms with E-state index in [9.17, 15) is 18.5 Å². The van der Waals surface area contributed by atoms with E-state index in [-0.39, 0.29) is 27.7 Å². The first kappa shape index (κ1) is 20.0. The molecule has 0 aliphatic heterocycles. The number of nitro benzene ring substituents is 1. The van der Waals surface area contributed by atoms with Crippen molar-refractivity contribution in [2.24, 2.45) is 5.41 Å². The zero-order valence-electron chi connectivity index (χ0n) is 15.6. The van der Waals surface area contributed by atoms with Crippen molar-refractivity contribution in [1.29, 1.82) is 0 Å². The van der Waals surface area contributed by atoms with Gasteiger partial charge in [-0.1, -0.05) is 27.7 Å². The summed E-state index contributed by atoms with van der Waals surface area (Å²) in [6.45, 7) is 7.97. The van der Waals surface area contributed by atoms with Crippen LogP contribution in [0.25, 0.3) is 0 Å². The second-order valence-corrected chi connectivity index (χ2v) is 9.32. The van der Waals surface area contributed by atoms with E-state index in [2.05, 4.69) is 5.32 Å². The van der Waals surface area contributed by atoms with E-state index in [1.54, 1.807) is 0 Å². The highest BCUT2D eigenvalue weighted by Crippen LogP contribution is 2.39. The summed E-state index contributed by atoms with van der Waals surface area (Å²) in [5.41, 5.74) is -0.340. The van der Waals surface area contributed by atoms with Crippen molar-refractivity contribution in [3.05, 3.63) is 52.0 Å². The number of hydrogen-bond donors (Lipinski definition) is 1. The molecule has 2 aromatic rings. The monoisotopic (exact) mass is 380 g/mol. The lowest BCUT2D eigenvalue weighted by molar-refractivity contribution is -0.384. The lowest BCUT2D eigenvalue weighted by Gasteiger charge is -2.30. The molecule has 0 amide bonds. The Morgan fingerprint density at radius 3 is 2.35 bits per heavy atom. The average Bonchev–Trinajstić information content (AvgIpc) is 2.98. The summed E-state index contributed by atoms with van der Waals surface area (Å²) >= 11 is 0. The summed E-state index contributed by atoms with van der Waals surface area (Å²) in [6.07, 6.45) is 1.77. The number of aryl methyl sites for hydroxylation is 1. The fourth-order valence-electron chi connectivity index (χ4n) is 2.62. The molecule has 8 heteroatoms. The largest absolute Gasteiger partial charge is 0.464 e. The van der Waals surface area contributed by atoms with Crippen LogP contribution in [-0.4, -0.2) is 19.6 Å². The molecule has 0 aliphatic carbocycles. The number of nitrogens with zero attached hydrogens (tertiary/aromatic N) is 1. The van der Waals surface area contributed by atoms with E-state index in [4.69, 9.17) is 4.42 Å². The molecule has 1 aromatic heterocycles. The number of furan rings is 1. The Bertz CT molecular complexity index is 910. The van der Waals surface area contributed by atoms with E-state index < -0.39 is 14.8 Å². The van der Waals surface area contributed by atoms with Crippen LogP contribution in [-0.2, 0) is 16.3 Å². The standard InChI is InChI=1S/C18H24N2O5S/c1-6-12-7-10-16(25-12)17(18(2,3)4)19-14-9-8-13(26(5,23)24)11-15(14)20(21)22/h7-11,17,19H,6H2,1-5H3/t17-/m1/s1. The molecule has 0 bridgehead atoms. The zero-order chi connectivity index (χ0) is 19.7. The Hall–Kier alpha value is -2.35. The van der Waals surface area contributed by atoms with Gasteiger partial charge in [-0.25, -0.2) is 8.42 Å². The number of rotatable bonds is 6. The molecule has 26 heavy (non-hydrogen) atoms. The van der Waals surface area contributed by atoms with Crippen molar-refractivity contribution < 1.29 is 17.8 Å². The summed E-state index contributed by atoms with van der Waals surface area (Å²) < 4.78 is 29.2. The van der Waals surface area contributed by atoms with Gasteiger partial charge in [0.25, 0.3) is 5.69 Å². The molecule has 142 valence electrons. The number of nitro groups is 1. The van der Waals surface area contributed by atoms with Gasteiger partial charge in [0.15, 0.2) is 9.84 Å². The molecule has 2 rings (SSSR count). The predicted molar refractivity (Wildman–Crippen MR) is 100 cm³/mol. The van der Waals surface area contributed by atoms with Crippen molar-refractivity contribution in [1.82, 2.24) is 0 Å². The van der Waals surface area contributed by atoms with Crippen molar-refractivity contribution in [3.8, 4) is 0 Å². The minimum atomic E-state index is -3.54. The quantitative estimate of drug-likeness (QED) is 0.590. The van der Waals surface area contributed by atoms with Crippen LogP contribution < -0.4 is 5.32 Å². The third kappa shape index (κ3) is 4.43. The Morgan fingerprint density at radius 2 is 1.88 bits per heavy atom. The topological polar surface area (TPSA) is 102 Å². The highest BCUT2D eigenvalue weighted by atomic mass is 32.2. The highest BCUT2D eigenvalue weighted by molar-refractivity contribution is 7.90. The van der Waals surface area contributed by atoms with Crippen molar-refractivity contribution >= 4 is 21.2 Å². The third-order valence-corrected chi connectivity index (χ3v) is 5.19. The highest BCUT2D eigenvalue weighted by Gasteiger charge is 2.31. The van der Waals surface area contributed by atoms with Gasteiger partial charge in [-0.2, -0.15) is 0 Å². The molecule has 7 nitrogen and oxygen atoms in total. The predicted octanol–water partition coefficient (Wildman–Crippen LogP) is 4.35. The summed E-state index contributed by atoms with van der Waals surface area (Å²) in [4.78, 5) is 10.8. The summed E-state index contributed by atoms with van der Waals surface area (Å²) in [6, 6.07) is 7.29. The maximum Gasteiger partial charge on any atom is 0.293 e. The van der Waals surface area contributed by atoms with Gasteiger partial charge in [0.05, 0.1) is 15.9 Å². The summed E-state index contributed by atoms with van der Waals surface area (Å²) in [5, 5.41) is 14.6. The van der Waals surface area contributed by atoms with Gasteiger partial charge in [-0.15, -0.1) is 0 Å². The minimum absolute atomic E-state index is 0.0895. The Balaban J connectivity index is 2.50. The Morgan fingerprint density at radius 1 is 1.23 bits per heavy atom. The van der Waals surface area contributed by atoms with Gasteiger partial charge in [0.1, 0.15) is 17.2 Å². The fourth-order valence-corrected chi connectivity index (χ4v) is 3.27. The Labute approximate surface area is 153 Å². The number of hydrogen-bond acceptors (Lipinski definition) is 6. The maximum absolute atomic E-state index is 11.7. The van der Waals surface area contributed by atoms with Crippen LogP contribution in [0, 0.1) is 15.5 Å². The van der Waals surface area contributed by atoms with Crippen LogP contribution in [0.4, 0.5) is 11.4 Å². The maximum atomic E-state index is 11.7. The van der Waals surface area contributed by atoms with Crippen LogP contribution >= 0.6 is 0 Å². The molecule has 1 N–H and O–H groups in total. The number of benzene rings is 1. The number of nitrogens with one attached hydrogen (secondary N) is 1. The van der Waals surface area contributed by atoms with Gasteiger partial charge in [-0.05, 0) is 29.7 Å². The normalized spacial score (nSPS) is 13.4. The van der Waals surface area contributed by atoms with Gasteiger partial charge in [0.2, 0.25) is 0 Å². The fraction of sp³-hybridized carbons (Fsp3) is 0.444. The lowest BCUT2D eigenvalue weighted by atomic mass is 9.85. The molecule has 1 heterocycles. The van der Waals surface area contributed by atoms with Crippen LogP contribution in [0.5, 0.6) is 0 Å². The lowest BCUT2D eigenvalue weighted by Crippen LogP contribution is -2.25. The molecule has 1 atom stereocenters. The van der Waals surface area contributed by atoms with Gasteiger partial charge in [0, 0.05) is 18.7 Å². The van der Waals surface area contributed by atoms with Crippen LogP contribution in [0.2, 0.25) is 0 Å². The first-order valence-electron chi connectivity index (χ1n) is 8.27. The molecular weight excluding hydrogens is 356 g/mol. The van der Waals surface area contributed by atoms with Gasteiger partial charge < -0.3 is 9.73 Å². The second-order valence-electron chi connectivity index (χ2n) is 7.31. The molecule has 0 radical (unpaired) electrons. The van der Waals surface area contributed by atoms with Gasteiger partial charge in [-0.3, -0.25) is 10.1 Å². The Kier molecular flexibility index (Phi) is 5.46. The van der Waals surface area contributed by atoms with E-state index >= 15 is 0 Å². The van der Waals surface area contributed by atoms with E-state index in [0.29, 0.717) is 5.76 Å². The molecule has 0 saturated heterocycles. The third-order valence-electron chi connectivity index (χ3n) is 4.08. The van der Waals surface area contributed by atoms with E-state index in [1.165, 1.54) is 12.1 Å². The molecule has 0 saturated carbocycles. The zero-order valence-corrected chi connectivity index (χ0v) is 16.4. The van der Waals surface area contributed by atoms with Crippen molar-refractivity contribution in [2.75, 3.05) is 11.6 Å². The minimum Gasteiger partial charge on any atom is -0.464 e. The SMILES string of the molecule is CCc1ccc([C@@H](Nc2ccc(S(C)(=O)=O)cc2[N+](=O)[O-])C(C)(C)C)o1. The van der Waals surface area contributed by atoms with Crippen LogP contribution in [0.15, 0.2) is 39.6 Å². The van der Waals surface area contributed by atoms with Crippen molar-refractivity contribution in [2.45, 2.75) is 45.1 Å². The van der Waals surface area contributed by atoms with E-state index in [1.807, 2.05) is 39.8 Å². The molecular formula is C18H24N2O5S. The van der Waals surface area contributed by atoms with E-state index in [0.717, 1.165) is 24.5 Å². The molecule has 0 fully saturated rings. The van der Waals surface area contributed by atoms with Crippen molar-refractivity contribution in [3.63, 3.8) is 0 Å².